The summed E-state index contributed by atoms with van der Waals surface area (Å²) in [4.78, 5) is 3.12. The molecule has 4 heteroatoms. The Hall–Kier alpha value is -16.4. The normalized spacial score (nSPS) is 13.5. The van der Waals surface area contributed by atoms with Crippen molar-refractivity contribution in [1.29, 1.82) is 0 Å². The van der Waals surface area contributed by atoms with Crippen LogP contribution in [0.15, 0.2) is 509 Å². The maximum atomic E-state index is 9.84. The van der Waals surface area contributed by atoms with E-state index in [-0.39, 0.29) is 63.6 Å². The van der Waals surface area contributed by atoms with Crippen molar-refractivity contribution in [1.82, 2.24) is 9.13 Å². The second-order valence-corrected chi connectivity index (χ2v) is 30.8. The maximum Gasteiger partial charge on any atom is 0.0645 e. The van der Waals surface area contributed by atoms with Crippen LogP contribution in [0.3, 0.4) is 0 Å². The number of hydrogen-bond acceptors (Lipinski definition) is 2. The number of para-hydroxylation sites is 2. The first-order valence-electron chi connectivity index (χ1n) is 51.8. The van der Waals surface area contributed by atoms with Gasteiger partial charge >= 0.3 is 0 Å². The maximum absolute atomic E-state index is 9.84. The molecule has 0 aliphatic rings. The highest BCUT2D eigenvalue weighted by molar-refractivity contribution is 6.11. The molecule has 596 valence electrons. The number of aromatic nitrogens is 2. The van der Waals surface area contributed by atoms with Gasteiger partial charge in [-0.05, 0) is 244 Å². The van der Waals surface area contributed by atoms with E-state index in [0.717, 1.165) is 110 Å². The Morgan fingerprint density at radius 1 is 0.167 bits per heavy atom. The van der Waals surface area contributed by atoms with Crippen LogP contribution in [-0.4, -0.2) is 9.13 Å². The molecular weight excluding hydrogens is 1520 g/mol. The third-order valence-corrected chi connectivity index (χ3v) is 23.1. The number of hydrogen-bond donors (Lipinski definition) is 0. The van der Waals surface area contributed by atoms with Crippen LogP contribution in [0.4, 0.5) is 34.1 Å². The first kappa shape index (κ1) is 57.8. The van der Waals surface area contributed by atoms with Crippen molar-refractivity contribution < 1.29 is 27.4 Å². The van der Waals surface area contributed by atoms with Crippen molar-refractivity contribution in [3.63, 3.8) is 0 Å². The summed E-state index contributed by atoms with van der Waals surface area (Å²) in [6.45, 7) is 1.18. The van der Waals surface area contributed by atoms with Gasteiger partial charge in [-0.15, -0.1) is 0 Å². The smallest absolute Gasteiger partial charge is 0.0645 e. The van der Waals surface area contributed by atoms with E-state index in [9.17, 15) is 13.7 Å². The fourth-order valence-corrected chi connectivity index (χ4v) is 17.0. The van der Waals surface area contributed by atoms with Crippen molar-refractivity contribution >= 4 is 77.7 Å². The minimum Gasteiger partial charge on any atom is -0.336 e. The molecule has 20 aromatic carbocycles. The van der Waals surface area contributed by atoms with E-state index < -0.39 is 113 Å². The average Bonchev–Trinajstić information content (AvgIpc) is 1.40. The van der Waals surface area contributed by atoms with E-state index in [2.05, 4.69) is 161 Å². The Morgan fingerprint density at radius 3 is 0.913 bits per heavy atom. The molecule has 0 unspecified atom stereocenters. The van der Waals surface area contributed by atoms with E-state index in [1.807, 2.05) is 205 Å². The van der Waals surface area contributed by atoms with E-state index in [0.29, 0.717) is 35.6 Å². The minimum atomic E-state index is -0.785. The zero-order valence-electron chi connectivity index (χ0n) is 88.2. The molecule has 0 saturated carbocycles. The standard InChI is InChI=1S/2C61H44N2/c2*1-5-17-45(18-6-1)47-28-33-53(34-29-47)63(55-37-38-56(49-21-9-3-10-22-49)58(42-55)50-23-11-4-12-24-50)54-35-30-48(31-36-54)52-32-39-61-59(41-52)57-26-13-14-27-60(57)62(61)43-44-16-15-25-51(40-44)46-19-7-2-8-20-46/h2*1-42H,43H2/i3D,4D,9D,10D,11D,12D,21D,22D,23D,24D,30D,31D,35D,36D,37D,38D;30D,31D,35D,36D. The second kappa shape index (κ2) is 35.0. The van der Waals surface area contributed by atoms with Crippen LogP contribution in [-0.2, 0) is 13.1 Å². The summed E-state index contributed by atoms with van der Waals surface area (Å²) < 4.78 is 189. The number of benzene rings is 20. The molecular formula is C122H88N4. The van der Waals surface area contributed by atoms with E-state index in [1.54, 1.807) is 30.3 Å². The summed E-state index contributed by atoms with van der Waals surface area (Å²) in [7, 11) is 0. The predicted molar refractivity (Wildman–Crippen MR) is 534 cm³/mol. The number of fused-ring (bicyclic) bond motifs is 6. The number of rotatable bonds is 20. The molecule has 2 aromatic heterocycles. The minimum absolute atomic E-state index is 0.0175. The Balaban J connectivity index is 0.000000174. The van der Waals surface area contributed by atoms with Crippen LogP contribution >= 0.6 is 0 Å². The van der Waals surface area contributed by atoms with Gasteiger partial charge in [-0.2, -0.15) is 0 Å². The van der Waals surface area contributed by atoms with Gasteiger partial charge in [-0.3, -0.25) is 0 Å². The first-order chi connectivity index (χ1) is 70.8. The quantitative estimate of drug-likeness (QED) is 0.0756. The molecule has 22 aromatic rings. The van der Waals surface area contributed by atoms with Crippen LogP contribution in [0.1, 0.15) is 38.5 Å². The van der Waals surface area contributed by atoms with Crippen molar-refractivity contribution in [3.05, 3.63) is 520 Å². The lowest BCUT2D eigenvalue weighted by molar-refractivity contribution is 0.869. The van der Waals surface area contributed by atoms with Gasteiger partial charge in [0, 0.05) is 90.8 Å². The molecule has 0 fully saturated rings. The van der Waals surface area contributed by atoms with E-state index in [1.165, 1.54) is 22.1 Å². The zero-order chi connectivity index (χ0) is 101. The molecule has 4 nitrogen and oxygen atoms in total. The Morgan fingerprint density at radius 2 is 0.476 bits per heavy atom. The van der Waals surface area contributed by atoms with Crippen LogP contribution in [0.2, 0.25) is 0 Å². The molecule has 0 aliphatic carbocycles. The number of anilines is 6. The highest BCUT2D eigenvalue weighted by Gasteiger charge is 2.23. The van der Waals surface area contributed by atoms with E-state index >= 15 is 0 Å². The van der Waals surface area contributed by atoms with Crippen molar-refractivity contribution in [3.8, 4) is 111 Å². The Labute approximate surface area is 764 Å². The third-order valence-electron chi connectivity index (χ3n) is 23.1. The topological polar surface area (TPSA) is 16.3 Å². The Bertz CT molecular complexity index is 8780. The SMILES string of the molecule is [2H]c1c(N(c2ccc(-c3ccccc3)cc2)c2c([2H])c([2H])c(-c3ccc4c(c3)c3ccccc3n4Cc3cccc(-c4ccccc4)c3)c([2H])c2[2H])cc(-c2c([2H])c([2H])c([2H])c([2H])c2[2H])c(-c2c([2H])c([2H])c([2H])c([2H])c2[2H])c1[2H].[2H]c1c([2H])c(N(c2ccc(-c3ccccc3)cc2)c2ccc(-c3ccccc3)c(-c3ccccc3)c2)c([2H])c([2H])c1-c1ccc2c(c1)c1ccccc1n2Cc1cccc(-c2ccccc2)c1. The first-order valence-corrected chi connectivity index (χ1v) is 41.8. The zero-order valence-corrected chi connectivity index (χ0v) is 68.2. The van der Waals surface area contributed by atoms with Crippen LogP contribution in [0.25, 0.3) is 155 Å². The number of nitrogens with zero attached hydrogens (tertiary/aromatic N) is 4. The third kappa shape index (κ3) is 15.9. The van der Waals surface area contributed by atoms with Gasteiger partial charge in [0.2, 0.25) is 0 Å². The molecule has 0 aliphatic heterocycles. The molecule has 0 bridgehead atoms. The monoisotopic (exact) mass is 1630 g/mol. The summed E-state index contributed by atoms with van der Waals surface area (Å²) in [6, 6.07) is 116. The van der Waals surface area contributed by atoms with Gasteiger partial charge in [0.15, 0.2) is 0 Å². The van der Waals surface area contributed by atoms with Gasteiger partial charge in [0.1, 0.15) is 0 Å². The fourth-order valence-electron chi connectivity index (χ4n) is 17.0. The highest BCUT2D eigenvalue weighted by atomic mass is 15.1. The largest absolute Gasteiger partial charge is 0.336 e. The molecule has 0 atom stereocenters. The van der Waals surface area contributed by atoms with Gasteiger partial charge < -0.3 is 18.9 Å². The summed E-state index contributed by atoms with van der Waals surface area (Å²) in [6.07, 6.45) is 0. The molecule has 0 radical (unpaired) electrons. The lowest BCUT2D eigenvalue weighted by Crippen LogP contribution is -2.10. The summed E-state index contributed by atoms with van der Waals surface area (Å²) in [5.41, 5.74) is 18.9. The fraction of sp³-hybridized carbons (Fsp3) is 0.0164. The van der Waals surface area contributed by atoms with Gasteiger partial charge in [-0.1, -0.05) is 388 Å². The lowest BCUT2D eigenvalue weighted by Gasteiger charge is -2.27. The van der Waals surface area contributed by atoms with Crippen LogP contribution in [0, 0.1) is 0 Å². The van der Waals surface area contributed by atoms with Crippen molar-refractivity contribution in [2.45, 2.75) is 13.1 Å². The summed E-state index contributed by atoms with van der Waals surface area (Å²) >= 11 is 0. The molecule has 22 rings (SSSR count). The Kier molecular flexibility index (Phi) is 16.0. The molecule has 0 saturated heterocycles. The molecule has 0 N–H and O–H groups in total. The average molecular weight is 1630 g/mol. The molecule has 2 heterocycles. The predicted octanol–water partition coefficient (Wildman–Crippen LogP) is 33.3. The summed E-state index contributed by atoms with van der Waals surface area (Å²) in [5.74, 6) is 0. The van der Waals surface area contributed by atoms with Gasteiger partial charge in [-0.25, -0.2) is 0 Å². The molecule has 0 spiro atoms. The van der Waals surface area contributed by atoms with Gasteiger partial charge in [0.05, 0.1) is 27.4 Å². The van der Waals surface area contributed by atoms with E-state index in [4.69, 9.17) is 13.7 Å². The second-order valence-electron chi connectivity index (χ2n) is 30.8. The van der Waals surface area contributed by atoms with Crippen LogP contribution in [0.5, 0.6) is 0 Å². The van der Waals surface area contributed by atoms with Crippen LogP contribution < -0.4 is 9.80 Å². The lowest BCUT2D eigenvalue weighted by atomic mass is 9.93. The van der Waals surface area contributed by atoms with Gasteiger partial charge in [0.25, 0.3) is 0 Å². The summed E-state index contributed by atoms with van der Waals surface area (Å²) in [5, 5.41) is 3.77. The van der Waals surface area contributed by atoms with Crippen molar-refractivity contribution in [2.75, 3.05) is 9.80 Å². The molecule has 0 amide bonds. The highest BCUT2D eigenvalue weighted by Crippen LogP contribution is 2.46. The molecule has 126 heavy (non-hydrogen) atoms. The van der Waals surface area contributed by atoms with Crippen molar-refractivity contribution in [2.24, 2.45) is 0 Å².